The Morgan fingerprint density at radius 1 is 1.23 bits per heavy atom. The van der Waals surface area contributed by atoms with Gasteiger partial charge in [-0.15, -0.1) is 34.2 Å². The Bertz CT molecular complexity index is 835. The second-order valence-corrected chi connectivity index (χ2v) is 7.64. The van der Waals surface area contributed by atoms with Crippen molar-refractivity contribution in [3.05, 3.63) is 41.0 Å². The van der Waals surface area contributed by atoms with Gasteiger partial charge in [-0.3, -0.25) is 0 Å². The molecule has 1 atom stereocenters. The summed E-state index contributed by atoms with van der Waals surface area (Å²) in [5.74, 6) is 3.77. The van der Waals surface area contributed by atoms with Crippen LogP contribution < -0.4 is 15.4 Å². The van der Waals surface area contributed by atoms with E-state index in [-0.39, 0.29) is 30.1 Å². The Balaban J connectivity index is 0.00000320. The molecular weight excluding hydrogens is 491 g/mol. The van der Waals surface area contributed by atoms with Gasteiger partial charge in [0, 0.05) is 25.1 Å². The first kappa shape index (κ1) is 24.4. The fourth-order valence-corrected chi connectivity index (χ4v) is 3.37. The van der Waals surface area contributed by atoms with Crippen LogP contribution in [0.1, 0.15) is 62.8 Å². The topological polar surface area (TPSA) is 76.4 Å². The third-order valence-electron chi connectivity index (χ3n) is 5.23. The summed E-state index contributed by atoms with van der Waals surface area (Å²) in [5.41, 5.74) is 2.28. The Morgan fingerprint density at radius 3 is 2.83 bits per heavy atom. The highest BCUT2D eigenvalue weighted by atomic mass is 127. The number of benzene rings is 1. The summed E-state index contributed by atoms with van der Waals surface area (Å²) in [6.45, 7) is 11.4. The molecule has 0 fully saturated rings. The Labute approximate surface area is 197 Å². The smallest absolute Gasteiger partial charge is 0.191 e. The average Bonchev–Trinajstić information content (AvgIpc) is 3.14. The predicted molar refractivity (Wildman–Crippen MR) is 132 cm³/mol. The molecule has 30 heavy (non-hydrogen) atoms. The molecule has 0 radical (unpaired) electrons. The van der Waals surface area contributed by atoms with Crippen molar-refractivity contribution in [1.82, 2.24) is 25.4 Å². The summed E-state index contributed by atoms with van der Waals surface area (Å²) in [5, 5.41) is 15.4. The number of ether oxygens (including phenoxy) is 1. The molecule has 166 valence electrons. The van der Waals surface area contributed by atoms with Crippen molar-refractivity contribution < 1.29 is 4.74 Å². The van der Waals surface area contributed by atoms with Gasteiger partial charge >= 0.3 is 0 Å². The van der Waals surface area contributed by atoms with Crippen molar-refractivity contribution in [3.63, 3.8) is 0 Å². The van der Waals surface area contributed by atoms with Crippen LogP contribution in [0.2, 0.25) is 0 Å². The van der Waals surface area contributed by atoms with E-state index in [9.17, 15) is 0 Å². The van der Waals surface area contributed by atoms with Crippen LogP contribution in [0.3, 0.4) is 0 Å². The molecule has 0 aliphatic carbocycles. The first-order valence-corrected chi connectivity index (χ1v) is 10.8. The number of hydrogen-bond acceptors (Lipinski definition) is 4. The number of rotatable bonds is 8. The van der Waals surface area contributed by atoms with E-state index >= 15 is 0 Å². The highest BCUT2D eigenvalue weighted by molar-refractivity contribution is 14.0. The molecule has 2 heterocycles. The molecule has 0 saturated carbocycles. The van der Waals surface area contributed by atoms with E-state index in [1.165, 1.54) is 18.4 Å². The summed E-state index contributed by atoms with van der Waals surface area (Å²) in [7, 11) is 0. The zero-order valence-corrected chi connectivity index (χ0v) is 20.9. The SMILES string of the molecule is CCNC(=NCc1ccc(C)cc1OC(C)CC)NCc1nnc2n1CCCC2.I. The standard InChI is InChI=1S/C22H34N6O.HI/c1-5-17(4)29-19-13-16(3)10-11-18(19)14-24-22(23-6-2)25-15-21-27-26-20-9-7-8-12-28(20)21;/h10-11,13,17H,5-9,12,14-15H2,1-4H3,(H2,23,24,25);1H. The Morgan fingerprint density at radius 2 is 2.07 bits per heavy atom. The molecule has 1 aromatic carbocycles. The van der Waals surface area contributed by atoms with Gasteiger partial charge in [0.25, 0.3) is 0 Å². The molecule has 2 N–H and O–H groups in total. The van der Waals surface area contributed by atoms with Crippen LogP contribution in [0.25, 0.3) is 0 Å². The molecule has 8 heteroatoms. The van der Waals surface area contributed by atoms with E-state index in [2.05, 4.69) is 71.3 Å². The van der Waals surface area contributed by atoms with Crippen molar-refractivity contribution in [2.75, 3.05) is 6.54 Å². The van der Waals surface area contributed by atoms with Gasteiger partial charge in [0.2, 0.25) is 0 Å². The maximum Gasteiger partial charge on any atom is 0.191 e. The highest BCUT2D eigenvalue weighted by Crippen LogP contribution is 2.23. The van der Waals surface area contributed by atoms with Gasteiger partial charge in [-0.25, -0.2) is 4.99 Å². The van der Waals surface area contributed by atoms with Crippen molar-refractivity contribution >= 4 is 29.9 Å². The summed E-state index contributed by atoms with van der Waals surface area (Å²) in [6, 6.07) is 6.31. The minimum Gasteiger partial charge on any atom is -0.490 e. The summed E-state index contributed by atoms with van der Waals surface area (Å²) < 4.78 is 8.35. The lowest BCUT2D eigenvalue weighted by atomic mass is 10.1. The minimum absolute atomic E-state index is 0. The lowest BCUT2D eigenvalue weighted by Crippen LogP contribution is -2.37. The van der Waals surface area contributed by atoms with Crippen LogP contribution in [0.15, 0.2) is 23.2 Å². The van der Waals surface area contributed by atoms with Crippen LogP contribution in [-0.2, 0) is 26.1 Å². The van der Waals surface area contributed by atoms with Crippen LogP contribution in [0, 0.1) is 6.92 Å². The zero-order chi connectivity index (χ0) is 20.6. The minimum atomic E-state index is 0. The van der Waals surface area contributed by atoms with E-state index in [1.807, 2.05) is 0 Å². The van der Waals surface area contributed by atoms with Gasteiger partial charge < -0.3 is 19.9 Å². The van der Waals surface area contributed by atoms with Crippen molar-refractivity contribution in [2.45, 2.75) is 79.1 Å². The van der Waals surface area contributed by atoms with Crippen LogP contribution in [-0.4, -0.2) is 33.4 Å². The molecular formula is C22H35IN6O. The monoisotopic (exact) mass is 526 g/mol. The van der Waals surface area contributed by atoms with Gasteiger partial charge in [-0.05, 0) is 51.7 Å². The van der Waals surface area contributed by atoms with Gasteiger partial charge in [-0.2, -0.15) is 0 Å². The van der Waals surface area contributed by atoms with E-state index < -0.39 is 0 Å². The molecule has 2 aromatic rings. The fourth-order valence-electron chi connectivity index (χ4n) is 3.37. The highest BCUT2D eigenvalue weighted by Gasteiger charge is 2.15. The summed E-state index contributed by atoms with van der Waals surface area (Å²) in [4.78, 5) is 4.78. The number of guanidine groups is 1. The lowest BCUT2D eigenvalue weighted by molar-refractivity contribution is 0.215. The number of fused-ring (bicyclic) bond motifs is 1. The van der Waals surface area contributed by atoms with Gasteiger partial charge in [0.1, 0.15) is 11.6 Å². The molecule has 3 rings (SSSR count). The first-order valence-electron chi connectivity index (χ1n) is 10.8. The molecule has 0 saturated heterocycles. The van der Waals surface area contributed by atoms with Crippen LogP contribution >= 0.6 is 24.0 Å². The normalized spacial score (nSPS) is 14.5. The van der Waals surface area contributed by atoms with Crippen molar-refractivity contribution in [3.8, 4) is 5.75 Å². The third kappa shape index (κ3) is 6.58. The van der Waals surface area contributed by atoms with Gasteiger partial charge in [0.15, 0.2) is 11.8 Å². The lowest BCUT2D eigenvalue weighted by Gasteiger charge is -2.17. The van der Waals surface area contributed by atoms with Crippen LogP contribution in [0.5, 0.6) is 5.75 Å². The molecule has 7 nitrogen and oxygen atoms in total. The second-order valence-electron chi connectivity index (χ2n) is 7.64. The second kappa shape index (κ2) is 12.1. The van der Waals surface area contributed by atoms with E-state index in [1.54, 1.807) is 0 Å². The van der Waals surface area contributed by atoms with Crippen molar-refractivity contribution in [1.29, 1.82) is 0 Å². The molecule has 1 aromatic heterocycles. The predicted octanol–water partition coefficient (Wildman–Crippen LogP) is 3.97. The van der Waals surface area contributed by atoms with E-state index in [0.29, 0.717) is 13.1 Å². The van der Waals surface area contributed by atoms with E-state index in [4.69, 9.17) is 9.73 Å². The van der Waals surface area contributed by atoms with Gasteiger partial charge in [0.05, 0.1) is 19.2 Å². The van der Waals surface area contributed by atoms with Crippen LogP contribution in [0.4, 0.5) is 0 Å². The molecule has 0 amide bonds. The van der Waals surface area contributed by atoms with Crippen molar-refractivity contribution in [2.24, 2.45) is 4.99 Å². The number of aryl methyl sites for hydroxylation is 2. The molecule has 0 bridgehead atoms. The Hall–Kier alpha value is -1.84. The van der Waals surface area contributed by atoms with E-state index in [0.717, 1.165) is 54.9 Å². The Kier molecular flexibility index (Phi) is 9.87. The number of aromatic nitrogens is 3. The zero-order valence-electron chi connectivity index (χ0n) is 18.6. The quantitative estimate of drug-likeness (QED) is 0.309. The molecule has 1 aliphatic rings. The number of halogens is 1. The summed E-state index contributed by atoms with van der Waals surface area (Å²) >= 11 is 0. The van der Waals surface area contributed by atoms with Gasteiger partial charge in [-0.1, -0.05) is 19.1 Å². The third-order valence-corrected chi connectivity index (χ3v) is 5.23. The molecule has 1 unspecified atom stereocenters. The average molecular weight is 526 g/mol. The summed E-state index contributed by atoms with van der Waals surface area (Å²) in [6.07, 6.45) is 4.58. The first-order chi connectivity index (χ1) is 14.1. The maximum absolute atomic E-state index is 6.12. The number of hydrogen-bond donors (Lipinski definition) is 2. The number of nitrogens with one attached hydrogen (secondary N) is 2. The fraction of sp³-hybridized carbons (Fsp3) is 0.591. The largest absolute Gasteiger partial charge is 0.490 e. The maximum atomic E-state index is 6.12. The number of aliphatic imine (C=N–C) groups is 1. The molecule has 0 spiro atoms. The number of nitrogens with zero attached hydrogens (tertiary/aromatic N) is 4. The molecule has 1 aliphatic heterocycles.